The maximum Gasteiger partial charge on any atom is 0.246 e. The molecular weight excluding hydrogens is 347 g/mol. The summed E-state index contributed by atoms with van der Waals surface area (Å²) in [7, 11) is 1.60. The lowest BCUT2D eigenvalue weighted by Crippen LogP contribution is -2.57. The van der Waals surface area contributed by atoms with E-state index in [1.54, 1.807) is 29.0 Å². The third-order valence-corrected chi connectivity index (χ3v) is 4.83. The number of ether oxygens (including phenoxy) is 1. The summed E-state index contributed by atoms with van der Waals surface area (Å²) in [5, 5.41) is 0. The minimum absolute atomic E-state index is 0.0606. The first-order valence-corrected chi connectivity index (χ1v) is 8.96. The first kappa shape index (κ1) is 18.9. The van der Waals surface area contributed by atoms with E-state index in [-0.39, 0.29) is 30.2 Å². The molecule has 1 aliphatic heterocycles. The van der Waals surface area contributed by atoms with Gasteiger partial charge in [-0.3, -0.25) is 9.59 Å². The Balaban J connectivity index is 1.61. The van der Waals surface area contributed by atoms with E-state index in [0.29, 0.717) is 19.4 Å². The maximum absolute atomic E-state index is 13.0. The molecule has 6 heteroatoms. The molecule has 1 fully saturated rings. The van der Waals surface area contributed by atoms with Crippen LogP contribution in [0.3, 0.4) is 0 Å². The van der Waals surface area contributed by atoms with Crippen LogP contribution in [0.5, 0.6) is 5.75 Å². The number of benzene rings is 2. The van der Waals surface area contributed by atoms with E-state index in [1.807, 2.05) is 31.2 Å². The number of hydrogen-bond acceptors (Lipinski definition) is 3. The number of aryl methyl sites for hydroxylation is 1. The van der Waals surface area contributed by atoms with Crippen LogP contribution < -0.4 is 9.64 Å². The monoisotopic (exact) mass is 370 g/mol. The molecule has 0 spiro atoms. The molecule has 142 valence electrons. The summed E-state index contributed by atoms with van der Waals surface area (Å²) in [4.78, 5) is 28.5. The van der Waals surface area contributed by atoms with E-state index in [1.165, 1.54) is 12.1 Å². The fourth-order valence-corrected chi connectivity index (χ4v) is 3.24. The molecule has 0 unspecified atom stereocenters. The van der Waals surface area contributed by atoms with Gasteiger partial charge in [-0.1, -0.05) is 12.1 Å². The van der Waals surface area contributed by atoms with Gasteiger partial charge in [0.25, 0.3) is 0 Å². The van der Waals surface area contributed by atoms with Crippen molar-refractivity contribution >= 4 is 17.5 Å². The van der Waals surface area contributed by atoms with Crippen LogP contribution in [0, 0.1) is 5.82 Å². The first-order valence-electron chi connectivity index (χ1n) is 8.96. The minimum Gasteiger partial charge on any atom is -0.497 e. The molecule has 0 aliphatic carbocycles. The Kier molecular flexibility index (Phi) is 5.74. The topological polar surface area (TPSA) is 49.9 Å². The van der Waals surface area contributed by atoms with Crippen LogP contribution in [0.1, 0.15) is 18.9 Å². The van der Waals surface area contributed by atoms with Crippen LogP contribution in [-0.2, 0) is 16.0 Å². The SMILES string of the molecule is COc1ccc(N2C[C@H](C)N(C(=O)CCc3ccc(F)cc3)CC2=O)cc1. The van der Waals surface area contributed by atoms with Crippen LogP contribution in [0.15, 0.2) is 48.5 Å². The molecule has 0 saturated carbocycles. The molecule has 3 rings (SSSR count). The lowest BCUT2D eigenvalue weighted by Gasteiger charge is -2.39. The van der Waals surface area contributed by atoms with E-state index < -0.39 is 0 Å². The van der Waals surface area contributed by atoms with Crippen molar-refractivity contribution in [2.24, 2.45) is 0 Å². The molecular formula is C21H23FN2O3. The van der Waals surface area contributed by atoms with Crippen molar-refractivity contribution < 1.29 is 18.7 Å². The number of hydrogen-bond donors (Lipinski definition) is 0. The van der Waals surface area contributed by atoms with Gasteiger partial charge < -0.3 is 14.5 Å². The number of halogens is 1. The lowest BCUT2D eigenvalue weighted by molar-refractivity contribution is -0.139. The molecule has 5 nitrogen and oxygen atoms in total. The second-order valence-electron chi connectivity index (χ2n) is 6.70. The maximum atomic E-state index is 13.0. The Morgan fingerprint density at radius 3 is 2.44 bits per heavy atom. The molecule has 1 atom stereocenters. The highest BCUT2D eigenvalue weighted by Crippen LogP contribution is 2.23. The van der Waals surface area contributed by atoms with E-state index in [2.05, 4.69) is 0 Å². The molecule has 2 amide bonds. The number of piperazine rings is 1. The van der Waals surface area contributed by atoms with Gasteiger partial charge in [0.2, 0.25) is 11.8 Å². The van der Waals surface area contributed by atoms with E-state index in [0.717, 1.165) is 17.0 Å². The molecule has 0 bridgehead atoms. The zero-order chi connectivity index (χ0) is 19.4. The molecule has 1 aliphatic rings. The molecule has 1 saturated heterocycles. The second-order valence-corrected chi connectivity index (χ2v) is 6.70. The standard InChI is InChI=1S/C21H23FN2O3/c1-15-13-24(18-8-10-19(27-2)11-9-18)21(26)14-23(15)20(25)12-5-16-3-6-17(22)7-4-16/h3-4,6-11,15H,5,12-14H2,1-2H3/t15-/m0/s1. The van der Waals surface area contributed by atoms with Crippen LogP contribution in [0.4, 0.5) is 10.1 Å². The zero-order valence-electron chi connectivity index (χ0n) is 15.5. The van der Waals surface area contributed by atoms with Crippen molar-refractivity contribution in [1.29, 1.82) is 0 Å². The van der Waals surface area contributed by atoms with Crippen molar-refractivity contribution in [1.82, 2.24) is 4.90 Å². The summed E-state index contributed by atoms with van der Waals surface area (Å²) in [6.45, 7) is 2.46. The number of methoxy groups -OCH3 is 1. The smallest absolute Gasteiger partial charge is 0.246 e. The van der Waals surface area contributed by atoms with Crippen LogP contribution in [-0.4, -0.2) is 43.0 Å². The molecule has 2 aromatic carbocycles. The zero-order valence-corrected chi connectivity index (χ0v) is 15.5. The lowest BCUT2D eigenvalue weighted by atomic mass is 10.1. The highest BCUT2D eigenvalue weighted by atomic mass is 19.1. The number of carbonyl (C=O) groups excluding carboxylic acids is 2. The van der Waals surface area contributed by atoms with Crippen molar-refractivity contribution in [3.63, 3.8) is 0 Å². The number of carbonyl (C=O) groups is 2. The fourth-order valence-electron chi connectivity index (χ4n) is 3.24. The van der Waals surface area contributed by atoms with Gasteiger partial charge in [0.15, 0.2) is 0 Å². The first-order chi connectivity index (χ1) is 13.0. The largest absolute Gasteiger partial charge is 0.497 e. The van der Waals surface area contributed by atoms with Crippen molar-refractivity contribution in [3.8, 4) is 5.75 Å². The average molecular weight is 370 g/mol. The quantitative estimate of drug-likeness (QED) is 0.813. The third kappa shape index (κ3) is 4.45. The number of rotatable bonds is 5. The highest BCUT2D eigenvalue weighted by molar-refractivity contribution is 5.98. The molecule has 27 heavy (non-hydrogen) atoms. The number of nitrogens with zero attached hydrogens (tertiary/aromatic N) is 2. The van der Waals surface area contributed by atoms with Crippen molar-refractivity contribution in [2.75, 3.05) is 25.1 Å². The van der Waals surface area contributed by atoms with Gasteiger partial charge in [0.05, 0.1) is 7.11 Å². The van der Waals surface area contributed by atoms with Gasteiger partial charge in [0, 0.05) is 24.7 Å². The van der Waals surface area contributed by atoms with Gasteiger partial charge in [0.1, 0.15) is 18.1 Å². The van der Waals surface area contributed by atoms with E-state index in [9.17, 15) is 14.0 Å². The summed E-state index contributed by atoms with van der Waals surface area (Å²) in [5.41, 5.74) is 1.70. The summed E-state index contributed by atoms with van der Waals surface area (Å²) >= 11 is 0. The van der Waals surface area contributed by atoms with Crippen molar-refractivity contribution in [2.45, 2.75) is 25.8 Å². The van der Waals surface area contributed by atoms with Gasteiger partial charge in [-0.15, -0.1) is 0 Å². The Labute approximate surface area is 158 Å². The second kappa shape index (κ2) is 8.20. The Hall–Kier alpha value is -2.89. The molecule has 0 radical (unpaired) electrons. The molecule has 0 aromatic heterocycles. The minimum atomic E-state index is -0.293. The van der Waals surface area contributed by atoms with Crippen LogP contribution >= 0.6 is 0 Å². The van der Waals surface area contributed by atoms with Gasteiger partial charge >= 0.3 is 0 Å². The van der Waals surface area contributed by atoms with Crippen LogP contribution in [0.2, 0.25) is 0 Å². The number of anilines is 1. The normalized spacial score (nSPS) is 17.1. The third-order valence-electron chi connectivity index (χ3n) is 4.83. The molecule has 1 heterocycles. The summed E-state index contributed by atoms with van der Waals surface area (Å²) in [6, 6.07) is 13.4. The summed E-state index contributed by atoms with van der Waals surface area (Å²) < 4.78 is 18.1. The average Bonchev–Trinajstić information content (AvgIpc) is 2.69. The fraction of sp³-hybridized carbons (Fsp3) is 0.333. The Morgan fingerprint density at radius 1 is 1.15 bits per heavy atom. The predicted molar refractivity (Wildman–Crippen MR) is 101 cm³/mol. The molecule has 0 N–H and O–H groups in total. The van der Waals surface area contributed by atoms with Gasteiger partial charge in [-0.2, -0.15) is 0 Å². The van der Waals surface area contributed by atoms with Gasteiger partial charge in [-0.05, 0) is 55.3 Å². The number of amides is 2. The molecule has 2 aromatic rings. The Bertz CT molecular complexity index is 805. The highest BCUT2D eigenvalue weighted by Gasteiger charge is 2.32. The van der Waals surface area contributed by atoms with Crippen molar-refractivity contribution in [3.05, 3.63) is 59.9 Å². The summed E-state index contributed by atoms with van der Waals surface area (Å²) in [5.74, 6) is 0.274. The Morgan fingerprint density at radius 2 is 1.81 bits per heavy atom. The van der Waals surface area contributed by atoms with Crippen LogP contribution in [0.25, 0.3) is 0 Å². The summed E-state index contributed by atoms with van der Waals surface area (Å²) in [6.07, 6.45) is 0.824. The van der Waals surface area contributed by atoms with Gasteiger partial charge in [-0.25, -0.2) is 4.39 Å². The predicted octanol–water partition coefficient (Wildman–Crippen LogP) is 3.03. The van der Waals surface area contributed by atoms with E-state index in [4.69, 9.17) is 4.74 Å². The van der Waals surface area contributed by atoms with E-state index >= 15 is 0 Å².